The van der Waals surface area contributed by atoms with Gasteiger partial charge in [0.05, 0.1) is 11.5 Å². The lowest BCUT2D eigenvalue weighted by atomic mass is 10.4. The van der Waals surface area contributed by atoms with E-state index in [1.54, 1.807) is 11.1 Å². The summed E-state index contributed by atoms with van der Waals surface area (Å²) in [6.45, 7) is 1.55. The van der Waals surface area contributed by atoms with Crippen LogP contribution in [0.1, 0.15) is 4.88 Å². The summed E-state index contributed by atoms with van der Waals surface area (Å²) in [5.41, 5.74) is -0.357. The molecule has 1 aromatic rings. The summed E-state index contributed by atoms with van der Waals surface area (Å²) in [4.78, 5) is 17.2. The summed E-state index contributed by atoms with van der Waals surface area (Å²) in [7, 11) is 0. The van der Waals surface area contributed by atoms with E-state index in [4.69, 9.17) is 46.4 Å². The van der Waals surface area contributed by atoms with E-state index >= 15 is 0 Å². The fraction of sp³-hybridized carbons (Fsp3) is 0.300. The zero-order valence-corrected chi connectivity index (χ0v) is 14.1. The maximum absolute atomic E-state index is 11.2. The molecule has 1 fully saturated rings. The van der Waals surface area contributed by atoms with Crippen molar-refractivity contribution in [3.8, 4) is 0 Å². The van der Waals surface area contributed by atoms with Gasteiger partial charge >= 0.3 is 5.70 Å². The minimum atomic E-state index is -0.618. The van der Waals surface area contributed by atoms with Gasteiger partial charge in [0.15, 0.2) is 15.3 Å². The molecule has 0 atom stereocenters. The quantitative estimate of drug-likeness (QED) is 0.629. The molecule has 0 aliphatic carbocycles. The van der Waals surface area contributed by atoms with Crippen LogP contribution in [0.4, 0.5) is 0 Å². The van der Waals surface area contributed by atoms with Crippen LogP contribution in [-0.4, -0.2) is 27.9 Å². The lowest BCUT2D eigenvalue weighted by Gasteiger charge is -2.17. The smallest absolute Gasteiger partial charge is 0.330 e. The normalized spacial score (nSPS) is 16.7. The van der Waals surface area contributed by atoms with Gasteiger partial charge in [0.2, 0.25) is 0 Å². The number of nitrogens with one attached hydrogen (secondary N) is 1. The lowest BCUT2D eigenvalue weighted by molar-refractivity contribution is -0.422. The number of allylic oxidation sites excluding steroid dienone is 1. The van der Waals surface area contributed by atoms with Gasteiger partial charge in [0.25, 0.3) is 0 Å². The number of hydrogen-bond donors (Lipinski definition) is 1. The Morgan fingerprint density at radius 1 is 1.52 bits per heavy atom. The highest BCUT2D eigenvalue weighted by atomic mass is 35.5. The summed E-state index contributed by atoms with van der Waals surface area (Å²) < 4.78 is 0.0595. The molecule has 0 spiro atoms. The maximum Gasteiger partial charge on any atom is 0.330 e. The topological polar surface area (TPSA) is 71.3 Å². The van der Waals surface area contributed by atoms with Crippen LogP contribution in [0, 0.1) is 10.1 Å². The van der Waals surface area contributed by atoms with E-state index in [9.17, 15) is 10.1 Å². The maximum atomic E-state index is 11.2. The summed E-state index contributed by atoms with van der Waals surface area (Å²) in [5.74, 6) is 0.272. The summed E-state index contributed by atoms with van der Waals surface area (Å²) in [6, 6.07) is 0. The fourth-order valence-corrected chi connectivity index (χ4v) is 3.16. The van der Waals surface area contributed by atoms with Gasteiger partial charge in [-0.05, 0) is 0 Å². The molecule has 0 unspecified atom stereocenters. The van der Waals surface area contributed by atoms with Crippen LogP contribution >= 0.6 is 57.7 Å². The molecule has 6 nitrogen and oxygen atoms in total. The second-order valence-electron chi connectivity index (χ2n) is 3.96. The largest absolute Gasteiger partial charge is 0.364 e. The van der Waals surface area contributed by atoms with Gasteiger partial charge in [-0.25, -0.2) is 4.98 Å². The van der Waals surface area contributed by atoms with E-state index in [0.717, 1.165) is 4.88 Å². The van der Waals surface area contributed by atoms with E-state index in [1.165, 1.54) is 11.3 Å². The van der Waals surface area contributed by atoms with Gasteiger partial charge in [-0.15, -0.1) is 11.3 Å². The number of nitrogens with zero attached hydrogens (tertiary/aromatic N) is 3. The molecule has 11 heteroatoms. The second kappa shape index (κ2) is 7.02. The predicted molar refractivity (Wildman–Crippen MR) is 84.1 cm³/mol. The molecule has 0 bridgehead atoms. The van der Waals surface area contributed by atoms with Gasteiger partial charge in [-0.2, -0.15) is 0 Å². The third-order valence-electron chi connectivity index (χ3n) is 2.64. The zero-order valence-electron chi connectivity index (χ0n) is 10.3. The number of aromatic nitrogens is 1. The Balaban J connectivity index is 2.36. The Morgan fingerprint density at radius 2 is 2.24 bits per heavy atom. The van der Waals surface area contributed by atoms with Crippen molar-refractivity contribution >= 4 is 57.7 Å². The first-order valence-corrected chi connectivity index (χ1v) is 7.91. The molecular formula is C10H8Cl4N4O2S. The van der Waals surface area contributed by atoms with Crippen LogP contribution in [0.5, 0.6) is 0 Å². The number of thiazole rings is 1. The Morgan fingerprint density at radius 3 is 2.76 bits per heavy atom. The molecule has 1 aliphatic heterocycles. The minimum Gasteiger partial charge on any atom is -0.364 e. The molecule has 1 N–H and O–H groups in total. The van der Waals surface area contributed by atoms with E-state index in [1.807, 2.05) is 0 Å². The fourth-order valence-electron chi connectivity index (χ4n) is 1.83. The van der Waals surface area contributed by atoms with Crippen LogP contribution in [-0.2, 0) is 6.54 Å². The second-order valence-corrected chi connectivity index (χ2v) is 6.98. The molecule has 2 heterocycles. The van der Waals surface area contributed by atoms with Crippen LogP contribution < -0.4 is 5.32 Å². The first kappa shape index (κ1) is 16.6. The third kappa shape index (κ3) is 3.92. The highest BCUT2D eigenvalue weighted by Crippen LogP contribution is 2.30. The zero-order chi connectivity index (χ0) is 15.6. The molecule has 2 rings (SSSR count). The van der Waals surface area contributed by atoms with Crippen molar-refractivity contribution in [2.75, 3.05) is 13.1 Å². The van der Waals surface area contributed by atoms with Gasteiger partial charge in [-0.1, -0.05) is 46.4 Å². The summed E-state index contributed by atoms with van der Waals surface area (Å²) in [6.07, 6.45) is 1.63. The molecular weight excluding hydrogens is 382 g/mol. The van der Waals surface area contributed by atoms with Crippen LogP contribution in [0.15, 0.2) is 27.2 Å². The number of halogens is 4. The summed E-state index contributed by atoms with van der Waals surface area (Å²) in [5, 5.41) is 13.9. The standard InChI is InChI=1S/C10H8Cl4N4O2S/c11-6(8(12)13)7(18(19)20)9-15-1-2-17(9)4-5-3-16-10(14)21-5/h3,15H,1-2,4H2. The third-order valence-corrected chi connectivity index (χ3v) is 4.68. The number of hydrogen-bond acceptors (Lipinski definition) is 6. The lowest BCUT2D eigenvalue weighted by Crippen LogP contribution is -2.23. The average molecular weight is 390 g/mol. The van der Waals surface area contributed by atoms with Crippen LogP contribution in [0.25, 0.3) is 0 Å². The Kier molecular flexibility index (Phi) is 5.56. The molecule has 1 saturated heterocycles. The first-order chi connectivity index (χ1) is 9.90. The van der Waals surface area contributed by atoms with Gasteiger partial charge in [0, 0.05) is 24.2 Å². The van der Waals surface area contributed by atoms with Crippen LogP contribution in [0.3, 0.4) is 0 Å². The minimum absolute atomic E-state index is 0.272. The van der Waals surface area contributed by atoms with E-state index in [0.29, 0.717) is 24.1 Å². The monoisotopic (exact) mass is 388 g/mol. The molecule has 114 valence electrons. The Labute approximate surface area is 144 Å². The number of rotatable bonds is 4. The molecule has 21 heavy (non-hydrogen) atoms. The van der Waals surface area contributed by atoms with Crippen molar-refractivity contribution in [2.24, 2.45) is 0 Å². The van der Waals surface area contributed by atoms with Gasteiger partial charge in [-0.3, -0.25) is 10.1 Å². The van der Waals surface area contributed by atoms with Crippen molar-refractivity contribution in [3.05, 3.63) is 46.7 Å². The molecule has 1 aliphatic rings. The van der Waals surface area contributed by atoms with Gasteiger partial charge < -0.3 is 10.2 Å². The van der Waals surface area contributed by atoms with E-state index in [2.05, 4.69) is 10.3 Å². The van der Waals surface area contributed by atoms with Crippen molar-refractivity contribution < 1.29 is 4.92 Å². The highest BCUT2D eigenvalue weighted by Gasteiger charge is 2.32. The highest BCUT2D eigenvalue weighted by molar-refractivity contribution is 7.15. The molecule has 0 aromatic carbocycles. The van der Waals surface area contributed by atoms with Crippen LogP contribution in [0.2, 0.25) is 4.47 Å². The van der Waals surface area contributed by atoms with Crippen molar-refractivity contribution in [2.45, 2.75) is 6.54 Å². The molecule has 0 amide bonds. The summed E-state index contributed by atoms with van der Waals surface area (Å²) >= 11 is 24.1. The molecule has 0 radical (unpaired) electrons. The molecule has 0 saturated carbocycles. The SMILES string of the molecule is O=[N+]([O-])C(C(Cl)=C(Cl)Cl)=C1NCCN1Cc1cnc(Cl)s1. The van der Waals surface area contributed by atoms with Crippen molar-refractivity contribution in [1.82, 2.24) is 15.2 Å². The van der Waals surface area contributed by atoms with Crippen molar-refractivity contribution in [3.63, 3.8) is 0 Å². The Bertz CT molecular complexity index is 626. The number of nitro groups is 1. The Hall–Kier alpha value is -0.730. The molecule has 1 aromatic heterocycles. The first-order valence-electron chi connectivity index (χ1n) is 5.59. The van der Waals surface area contributed by atoms with E-state index in [-0.39, 0.29) is 21.0 Å². The average Bonchev–Trinajstić information content (AvgIpc) is 3.00. The van der Waals surface area contributed by atoms with E-state index < -0.39 is 4.92 Å². The predicted octanol–water partition coefficient (Wildman–Crippen LogP) is 3.53. The van der Waals surface area contributed by atoms with Gasteiger partial charge in [0.1, 0.15) is 4.49 Å². The van der Waals surface area contributed by atoms with Crippen molar-refractivity contribution in [1.29, 1.82) is 0 Å².